The van der Waals surface area contributed by atoms with Crippen LogP contribution in [0.15, 0.2) is 54.6 Å². The summed E-state index contributed by atoms with van der Waals surface area (Å²) in [7, 11) is 1.07. The summed E-state index contributed by atoms with van der Waals surface area (Å²) < 4.78 is 60.6. The van der Waals surface area contributed by atoms with Crippen LogP contribution in [0.5, 0.6) is 5.88 Å². The van der Waals surface area contributed by atoms with E-state index in [2.05, 4.69) is 19.5 Å². The number of fused-ring (bicyclic) bond motifs is 1. The van der Waals surface area contributed by atoms with Gasteiger partial charge in [-0.1, -0.05) is 23.7 Å². The third-order valence-corrected chi connectivity index (χ3v) is 10.5. The van der Waals surface area contributed by atoms with Crippen LogP contribution in [0.25, 0.3) is 11.0 Å². The Bertz CT molecular complexity index is 2040. The smallest absolute Gasteiger partial charge is 0.328 e. The third kappa shape index (κ3) is 8.48. The quantitative estimate of drug-likeness (QED) is 0.196. The van der Waals surface area contributed by atoms with Crippen LogP contribution in [0, 0.1) is 5.82 Å². The van der Waals surface area contributed by atoms with Gasteiger partial charge in [-0.15, -0.1) is 0 Å². The number of methoxy groups -OCH3 is 1. The molecule has 2 aromatic carbocycles. The predicted octanol–water partition coefficient (Wildman–Crippen LogP) is 5.11. The zero-order valence-corrected chi connectivity index (χ0v) is 30.4. The molecule has 7 rings (SSSR count). The van der Waals surface area contributed by atoms with Gasteiger partial charge in [0.1, 0.15) is 24.3 Å². The van der Waals surface area contributed by atoms with Crippen molar-refractivity contribution in [2.45, 2.75) is 69.4 Å². The zero-order valence-electron chi connectivity index (χ0n) is 29.6. The molecule has 2 atom stereocenters. The van der Waals surface area contributed by atoms with E-state index < -0.39 is 55.1 Å². The number of esters is 1. The Labute approximate surface area is 314 Å². The monoisotopic (exact) mass is 768 g/mol. The van der Waals surface area contributed by atoms with Crippen LogP contribution < -0.4 is 10.1 Å². The molecule has 54 heavy (non-hydrogen) atoms. The minimum absolute atomic E-state index is 0.0397. The summed E-state index contributed by atoms with van der Waals surface area (Å²) >= 11 is 5.86. The number of halogens is 4. The number of amides is 2. The van der Waals surface area contributed by atoms with Crippen molar-refractivity contribution in [3.05, 3.63) is 88.1 Å². The molecule has 0 bridgehead atoms. The maximum atomic E-state index is 14.2. The third-order valence-electron chi connectivity index (χ3n) is 10.2. The Morgan fingerprint density at radius 1 is 1.06 bits per heavy atom. The average Bonchev–Trinajstić information content (AvgIpc) is 3.66. The standard InChI is InChI=1S/C38H40ClF3N6O6/c1-52-37(51)32-17-38(41,42)22-48(32)35(49)18-43-36(50)24-6-8-31-30(15-24)44-33(47(31)19-27-11-14-53-27)20-46-12-9-23(10-13-46)29-3-2-4-34(45-29)54-21-25-5-7-26(39)16-28(25)40/h2-8,15-16,23,27,32H,9-14,17-22H2,1H3,(H,43,50)/t27-,32?/m0/s1. The topological polar surface area (TPSA) is 128 Å². The average molecular weight is 769 g/mol. The van der Waals surface area contributed by atoms with E-state index >= 15 is 0 Å². The highest BCUT2D eigenvalue weighted by atomic mass is 35.5. The second kappa shape index (κ2) is 15.9. The summed E-state index contributed by atoms with van der Waals surface area (Å²) in [6.07, 6.45) is 1.90. The molecule has 1 N–H and O–H groups in total. The summed E-state index contributed by atoms with van der Waals surface area (Å²) in [5, 5.41) is 2.82. The number of rotatable bonds is 12. The Kier molecular flexibility index (Phi) is 11.1. The molecule has 3 saturated heterocycles. The van der Waals surface area contributed by atoms with Gasteiger partial charge in [0.2, 0.25) is 11.8 Å². The molecule has 2 aromatic heterocycles. The molecule has 0 radical (unpaired) electrons. The summed E-state index contributed by atoms with van der Waals surface area (Å²) in [5.41, 5.74) is 3.00. The SMILES string of the molecule is COC(=O)C1CC(F)(F)CN1C(=O)CNC(=O)c1ccc2c(c1)nc(CN1CCC(c3cccc(OCc4ccc(Cl)cc4F)n3)CC1)n2C[C@@H]1CCO1. The van der Waals surface area contributed by atoms with Crippen LogP contribution in [0.3, 0.4) is 0 Å². The number of benzene rings is 2. The van der Waals surface area contributed by atoms with Gasteiger partial charge in [-0.2, -0.15) is 0 Å². The molecule has 16 heteroatoms. The number of alkyl halides is 2. The van der Waals surface area contributed by atoms with Crippen molar-refractivity contribution in [2.75, 3.05) is 39.9 Å². The fourth-order valence-electron chi connectivity index (χ4n) is 7.18. The molecule has 0 saturated carbocycles. The van der Waals surface area contributed by atoms with E-state index in [4.69, 9.17) is 31.0 Å². The number of nitrogens with zero attached hydrogens (tertiary/aromatic N) is 5. The first kappa shape index (κ1) is 37.6. The summed E-state index contributed by atoms with van der Waals surface area (Å²) in [6.45, 7) is 2.05. The van der Waals surface area contributed by atoms with Gasteiger partial charge in [0.25, 0.3) is 11.8 Å². The number of carbonyl (C=O) groups is 3. The number of hydrogen-bond acceptors (Lipinski definition) is 9. The van der Waals surface area contributed by atoms with Crippen LogP contribution in [0.1, 0.15) is 59.0 Å². The molecular weight excluding hydrogens is 729 g/mol. The molecule has 1 unspecified atom stereocenters. The van der Waals surface area contributed by atoms with E-state index in [9.17, 15) is 27.6 Å². The number of pyridine rings is 1. The number of carbonyl (C=O) groups excluding carboxylic acids is 3. The van der Waals surface area contributed by atoms with E-state index in [-0.39, 0.29) is 24.2 Å². The summed E-state index contributed by atoms with van der Waals surface area (Å²) in [4.78, 5) is 50.7. The van der Waals surface area contributed by atoms with Gasteiger partial charge in [0.15, 0.2) is 0 Å². The van der Waals surface area contributed by atoms with Crippen molar-refractivity contribution in [2.24, 2.45) is 0 Å². The van der Waals surface area contributed by atoms with E-state index in [0.717, 1.165) is 61.4 Å². The van der Waals surface area contributed by atoms with Gasteiger partial charge in [0, 0.05) is 46.9 Å². The zero-order chi connectivity index (χ0) is 38.0. The molecule has 2 amide bonds. The lowest BCUT2D eigenvalue weighted by molar-refractivity contribution is -0.150. The molecule has 286 valence electrons. The molecule has 3 aliphatic rings. The number of hydrogen-bond donors (Lipinski definition) is 1. The van der Waals surface area contributed by atoms with E-state index in [1.807, 2.05) is 18.2 Å². The fourth-order valence-corrected chi connectivity index (χ4v) is 7.34. The fraction of sp³-hybridized carbons (Fsp3) is 0.447. The molecule has 4 aromatic rings. The summed E-state index contributed by atoms with van der Waals surface area (Å²) in [6, 6.07) is 13.8. The highest BCUT2D eigenvalue weighted by Gasteiger charge is 2.50. The lowest BCUT2D eigenvalue weighted by atomic mass is 9.93. The number of likely N-dealkylation sites (tertiary alicyclic amines) is 2. The van der Waals surface area contributed by atoms with Gasteiger partial charge in [0.05, 0.1) is 50.4 Å². The van der Waals surface area contributed by atoms with Crippen LogP contribution >= 0.6 is 11.6 Å². The summed E-state index contributed by atoms with van der Waals surface area (Å²) in [5.74, 6) is -4.50. The number of nitrogens with one attached hydrogen (secondary N) is 1. The van der Waals surface area contributed by atoms with Gasteiger partial charge < -0.3 is 29.0 Å². The normalized spacial score (nSPS) is 20.1. The molecule has 3 aliphatic heterocycles. The Balaban J connectivity index is 0.983. The van der Waals surface area contributed by atoms with E-state index in [1.165, 1.54) is 6.07 Å². The van der Waals surface area contributed by atoms with E-state index in [0.29, 0.717) is 41.7 Å². The Morgan fingerprint density at radius 2 is 1.85 bits per heavy atom. The Morgan fingerprint density at radius 3 is 2.57 bits per heavy atom. The minimum atomic E-state index is -3.23. The van der Waals surface area contributed by atoms with Gasteiger partial charge in [-0.25, -0.2) is 27.9 Å². The van der Waals surface area contributed by atoms with Gasteiger partial charge >= 0.3 is 5.97 Å². The van der Waals surface area contributed by atoms with Crippen molar-refractivity contribution in [3.63, 3.8) is 0 Å². The lowest BCUT2D eigenvalue weighted by Gasteiger charge is -2.32. The molecule has 3 fully saturated rings. The largest absolute Gasteiger partial charge is 0.473 e. The highest BCUT2D eigenvalue weighted by Crippen LogP contribution is 2.33. The number of ether oxygens (including phenoxy) is 3. The van der Waals surface area contributed by atoms with Crippen molar-refractivity contribution in [1.82, 2.24) is 29.7 Å². The number of imidazole rings is 1. The second-order valence-electron chi connectivity index (χ2n) is 13.9. The van der Waals surface area contributed by atoms with Crippen LogP contribution in [0.4, 0.5) is 13.2 Å². The minimum Gasteiger partial charge on any atom is -0.473 e. The molecule has 12 nitrogen and oxygen atoms in total. The van der Waals surface area contributed by atoms with Crippen molar-refractivity contribution >= 4 is 40.4 Å². The van der Waals surface area contributed by atoms with Crippen LogP contribution in [-0.4, -0.2) is 100 Å². The van der Waals surface area contributed by atoms with E-state index in [1.54, 1.807) is 30.3 Å². The first-order valence-corrected chi connectivity index (χ1v) is 18.2. The van der Waals surface area contributed by atoms with Crippen molar-refractivity contribution in [1.29, 1.82) is 0 Å². The maximum absolute atomic E-state index is 14.2. The molecule has 0 spiro atoms. The molecular formula is C38H40ClF3N6O6. The maximum Gasteiger partial charge on any atom is 0.328 e. The molecule has 0 aliphatic carbocycles. The number of aromatic nitrogens is 3. The van der Waals surface area contributed by atoms with Crippen molar-refractivity contribution < 1.29 is 41.8 Å². The number of piperidine rings is 1. The predicted molar refractivity (Wildman–Crippen MR) is 191 cm³/mol. The second-order valence-corrected chi connectivity index (χ2v) is 14.3. The Hall–Kier alpha value is -4.73. The van der Waals surface area contributed by atoms with Crippen LogP contribution in [-0.2, 0) is 38.8 Å². The highest BCUT2D eigenvalue weighted by molar-refractivity contribution is 6.30. The lowest BCUT2D eigenvalue weighted by Crippen LogP contribution is -2.46. The van der Waals surface area contributed by atoms with Gasteiger partial charge in [-0.05, 0) is 68.8 Å². The first-order valence-electron chi connectivity index (χ1n) is 17.9. The molecule has 5 heterocycles. The van der Waals surface area contributed by atoms with Gasteiger partial charge in [-0.3, -0.25) is 14.5 Å². The first-order chi connectivity index (χ1) is 26.0. The van der Waals surface area contributed by atoms with Crippen LogP contribution in [0.2, 0.25) is 5.02 Å². The van der Waals surface area contributed by atoms with Crippen molar-refractivity contribution in [3.8, 4) is 5.88 Å².